The molecule has 4 aromatic heterocycles. The number of fused-ring (bicyclic) bond motifs is 2. The second kappa shape index (κ2) is 7.36. The third-order valence-electron chi connectivity index (χ3n) is 5.30. The molecule has 7 heteroatoms. The SMILES string of the molecule is Cc1nc2c(cnn2C(C)C)cc1C(=O)Nc1c(-c2ccccc2)nc2ccccn12. The van der Waals surface area contributed by atoms with Crippen molar-refractivity contribution in [3.8, 4) is 11.3 Å². The molecular formula is C24H22N6O. The third-order valence-corrected chi connectivity index (χ3v) is 5.30. The number of carbonyl (C=O) groups excluding carboxylic acids is 1. The maximum Gasteiger partial charge on any atom is 0.258 e. The Hall–Kier alpha value is -4.00. The Bertz CT molecular complexity index is 1410. The normalized spacial score (nSPS) is 11.5. The van der Waals surface area contributed by atoms with Crippen molar-refractivity contribution in [3.63, 3.8) is 0 Å². The molecule has 0 aliphatic heterocycles. The summed E-state index contributed by atoms with van der Waals surface area (Å²) in [5.41, 5.74) is 4.37. The Labute approximate surface area is 179 Å². The van der Waals surface area contributed by atoms with Crippen LogP contribution in [0.1, 0.15) is 35.9 Å². The van der Waals surface area contributed by atoms with Gasteiger partial charge in [0.1, 0.15) is 17.2 Å². The van der Waals surface area contributed by atoms with Crippen LogP contribution >= 0.6 is 0 Å². The molecule has 1 amide bonds. The van der Waals surface area contributed by atoms with Crippen molar-refractivity contribution in [2.75, 3.05) is 5.32 Å². The number of benzene rings is 1. The van der Waals surface area contributed by atoms with Gasteiger partial charge < -0.3 is 5.32 Å². The van der Waals surface area contributed by atoms with E-state index in [2.05, 4.69) is 29.2 Å². The van der Waals surface area contributed by atoms with Crippen LogP contribution in [0.25, 0.3) is 27.9 Å². The highest BCUT2D eigenvalue weighted by Gasteiger charge is 2.20. The van der Waals surface area contributed by atoms with E-state index in [1.165, 1.54) is 0 Å². The minimum absolute atomic E-state index is 0.190. The molecule has 0 aliphatic rings. The van der Waals surface area contributed by atoms with Crippen molar-refractivity contribution in [1.82, 2.24) is 24.1 Å². The highest BCUT2D eigenvalue weighted by atomic mass is 16.1. The van der Waals surface area contributed by atoms with Crippen LogP contribution in [0.5, 0.6) is 0 Å². The zero-order valence-corrected chi connectivity index (χ0v) is 17.6. The van der Waals surface area contributed by atoms with Gasteiger partial charge in [-0.2, -0.15) is 5.10 Å². The van der Waals surface area contributed by atoms with E-state index in [9.17, 15) is 4.79 Å². The van der Waals surface area contributed by atoms with Crippen molar-refractivity contribution in [3.05, 3.63) is 78.2 Å². The van der Waals surface area contributed by atoms with Crippen LogP contribution < -0.4 is 5.32 Å². The number of aromatic nitrogens is 5. The molecule has 0 atom stereocenters. The predicted octanol–water partition coefficient (Wildman–Crippen LogP) is 4.89. The zero-order chi connectivity index (χ0) is 21.5. The van der Waals surface area contributed by atoms with Crippen LogP contribution in [0.2, 0.25) is 0 Å². The van der Waals surface area contributed by atoms with Gasteiger partial charge in [0.2, 0.25) is 0 Å². The summed E-state index contributed by atoms with van der Waals surface area (Å²) in [5.74, 6) is 0.399. The number of hydrogen-bond acceptors (Lipinski definition) is 4. The van der Waals surface area contributed by atoms with Crippen molar-refractivity contribution in [1.29, 1.82) is 0 Å². The first-order chi connectivity index (χ1) is 15.0. The molecule has 5 aromatic rings. The van der Waals surface area contributed by atoms with E-state index in [1.54, 1.807) is 6.20 Å². The molecule has 1 N–H and O–H groups in total. The molecule has 0 spiro atoms. The lowest BCUT2D eigenvalue weighted by Gasteiger charge is -2.11. The molecule has 0 fully saturated rings. The minimum Gasteiger partial charge on any atom is -0.306 e. The lowest BCUT2D eigenvalue weighted by molar-refractivity contribution is 0.102. The van der Waals surface area contributed by atoms with Gasteiger partial charge in [-0.05, 0) is 39.0 Å². The van der Waals surface area contributed by atoms with E-state index in [4.69, 9.17) is 4.98 Å². The number of amides is 1. The van der Waals surface area contributed by atoms with E-state index >= 15 is 0 Å². The minimum atomic E-state index is -0.230. The van der Waals surface area contributed by atoms with E-state index in [0.29, 0.717) is 17.1 Å². The van der Waals surface area contributed by atoms with Gasteiger partial charge in [-0.25, -0.2) is 14.6 Å². The summed E-state index contributed by atoms with van der Waals surface area (Å²) < 4.78 is 3.75. The smallest absolute Gasteiger partial charge is 0.258 e. The highest BCUT2D eigenvalue weighted by Crippen LogP contribution is 2.29. The molecule has 5 rings (SSSR count). The van der Waals surface area contributed by atoms with Gasteiger partial charge in [-0.1, -0.05) is 36.4 Å². The first kappa shape index (κ1) is 19.0. The molecule has 0 bridgehead atoms. The number of pyridine rings is 2. The second-order valence-corrected chi connectivity index (χ2v) is 7.78. The maximum absolute atomic E-state index is 13.3. The molecule has 4 heterocycles. The fourth-order valence-corrected chi connectivity index (χ4v) is 3.76. The topological polar surface area (TPSA) is 77.1 Å². The summed E-state index contributed by atoms with van der Waals surface area (Å²) in [6.45, 7) is 5.96. The van der Waals surface area contributed by atoms with Crippen molar-refractivity contribution < 1.29 is 4.79 Å². The fraction of sp³-hybridized carbons (Fsp3) is 0.167. The van der Waals surface area contributed by atoms with E-state index in [-0.39, 0.29) is 11.9 Å². The van der Waals surface area contributed by atoms with Crippen LogP contribution in [0, 0.1) is 6.92 Å². The van der Waals surface area contributed by atoms with Crippen molar-refractivity contribution >= 4 is 28.4 Å². The monoisotopic (exact) mass is 410 g/mol. The first-order valence-electron chi connectivity index (χ1n) is 10.2. The standard InChI is InChI=1S/C24H22N6O/c1-15(2)30-22-18(14-25-30)13-19(16(3)26-22)24(31)28-23-21(17-9-5-4-6-10-17)27-20-11-7-8-12-29(20)23/h4-15H,1-3H3,(H,28,31). The molecule has 1 aromatic carbocycles. The molecule has 0 aliphatic carbocycles. The summed E-state index contributed by atoms with van der Waals surface area (Å²) >= 11 is 0. The summed E-state index contributed by atoms with van der Waals surface area (Å²) in [5, 5.41) is 8.33. The van der Waals surface area contributed by atoms with Crippen molar-refractivity contribution in [2.24, 2.45) is 0 Å². The summed E-state index contributed by atoms with van der Waals surface area (Å²) in [6.07, 6.45) is 3.65. The summed E-state index contributed by atoms with van der Waals surface area (Å²) in [4.78, 5) is 22.7. The number of anilines is 1. The zero-order valence-electron chi connectivity index (χ0n) is 17.6. The largest absolute Gasteiger partial charge is 0.306 e. The number of nitrogens with one attached hydrogen (secondary N) is 1. The van der Waals surface area contributed by atoms with Crippen LogP contribution in [0.3, 0.4) is 0 Å². The van der Waals surface area contributed by atoms with Crippen LogP contribution in [0.4, 0.5) is 5.82 Å². The Morgan fingerprint density at radius 2 is 1.81 bits per heavy atom. The van der Waals surface area contributed by atoms with Crippen molar-refractivity contribution in [2.45, 2.75) is 26.8 Å². The lowest BCUT2D eigenvalue weighted by atomic mass is 10.1. The summed E-state index contributed by atoms with van der Waals surface area (Å²) in [6, 6.07) is 17.6. The molecule has 31 heavy (non-hydrogen) atoms. The highest BCUT2D eigenvalue weighted by molar-refractivity contribution is 6.07. The van der Waals surface area contributed by atoms with Crippen LogP contribution in [0.15, 0.2) is 67.0 Å². The molecule has 154 valence electrons. The average molecular weight is 410 g/mol. The van der Waals surface area contributed by atoms with Crippen LogP contribution in [-0.4, -0.2) is 30.1 Å². The van der Waals surface area contributed by atoms with Gasteiger partial charge in [0.15, 0.2) is 5.65 Å². The Balaban J connectivity index is 1.59. The Morgan fingerprint density at radius 1 is 1.03 bits per heavy atom. The third kappa shape index (κ3) is 3.24. The Kier molecular flexibility index (Phi) is 4.51. The molecule has 0 radical (unpaired) electrons. The van der Waals surface area contributed by atoms with Gasteiger partial charge in [0.25, 0.3) is 5.91 Å². The van der Waals surface area contributed by atoms with E-state index < -0.39 is 0 Å². The molecule has 0 saturated heterocycles. The number of nitrogens with zero attached hydrogens (tertiary/aromatic N) is 5. The number of hydrogen-bond donors (Lipinski definition) is 1. The fourth-order valence-electron chi connectivity index (χ4n) is 3.76. The Morgan fingerprint density at radius 3 is 2.58 bits per heavy atom. The number of rotatable bonds is 4. The van der Waals surface area contributed by atoms with Gasteiger partial charge in [0, 0.05) is 23.2 Å². The lowest BCUT2D eigenvalue weighted by Crippen LogP contribution is -2.16. The number of carbonyl (C=O) groups is 1. The first-order valence-corrected chi connectivity index (χ1v) is 10.2. The number of imidazole rings is 1. The second-order valence-electron chi connectivity index (χ2n) is 7.78. The van der Waals surface area contributed by atoms with Gasteiger partial charge in [-0.15, -0.1) is 0 Å². The maximum atomic E-state index is 13.3. The van der Waals surface area contributed by atoms with Gasteiger partial charge in [0.05, 0.1) is 17.5 Å². The van der Waals surface area contributed by atoms with E-state index in [1.807, 2.05) is 76.8 Å². The van der Waals surface area contributed by atoms with Crippen LogP contribution in [-0.2, 0) is 0 Å². The van der Waals surface area contributed by atoms with Gasteiger partial charge >= 0.3 is 0 Å². The molecule has 0 unspecified atom stereocenters. The predicted molar refractivity (Wildman–Crippen MR) is 121 cm³/mol. The summed E-state index contributed by atoms with van der Waals surface area (Å²) in [7, 11) is 0. The molecular weight excluding hydrogens is 388 g/mol. The molecule has 7 nitrogen and oxygen atoms in total. The van der Waals surface area contributed by atoms with E-state index in [0.717, 1.165) is 27.9 Å². The number of aryl methyl sites for hydroxylation is 1. The van der Waals surface area contributed by atoms with Gasteiger partial charge in [-0.3, -0.25) is 9.20 Å². The molecule has 0 saturated carbocycles. The quantitative estimate of drug-likeness (QED) is 0.458. The average Bonchev–Trinajstić information content (AvgIpc) is 3.35.